The normalized spacial score (nSPS) is 18.0. The zero-order chi connectivity index (χ0) is 22.4. The maximum atomic E-state index is 5.61. The third-order valence-corrected chi connectivity index (χ3v) is 7.24. The predicted octanol–water partition coefficient (Wildman–Crippen LogP) is 4.71. The molecule has 2 unspecified atom stereocenters. The van der Waals surface area contributed by atoms with Gasteiger partial charge in [0.15, 0.2) is 5.82 Å². The highest BCUT2D eigenvalue weighted by Crippen LogP contribution is 2.34. The number of hydrogen-bond acceptors (Lipinski definition) is 7. The molecule has 0 aliphatic carbocycles. The van der Waals surface area contributed by atoms with Gasteiger partial charge in [-0.2, -0.15) is 0 Å². The van der Waals surface area contributed by atoms with Gasteiger partial charge in [0.2, 0.25) is 0 Å². The van der Waals surface area contributed by atoms with E-state index >= 15 is 0 Å². The summed E-state index contributed by atoms with van der Waals surface area (Å²) in [7, 11) is 0. The molecular formula is C24H34N6OS. The average molecular weight is 455 g/mol. The summed E-state index contributed by atoms with van der Waals surface area (Å²) in [5.41, 5.74) is 0.911. The maximum absolute atomic E-state index is 5.61. The summed E-state index contributed by atoms with van der Waals surface area (Å²) in [6.07, 6.45) is 6.93. The van der Waals surface area contributed by atoms with E-state index in [1.165, 1.54) is 5.56 Å². The lowest BCUT2D eigenvalue weighted by atomic mass is 9.86. The first-order chi connectivity index (χ1) is 15.5. The number of tetrazole rings is 1. The molecule has 0 radical (unpaired) electrons. The largest absolute Gasteiger partial charge is 0.381 e. The van der Waals surface area contributed by atoms with Gasteiger partial charge in [0.25, 0.3) is 0 Å². The van der Waals surface area contributed by atoms with Crippen molar-refractivity contribution in [3.05, 3.63) is 58.3 Å². The van der Waals surface area contributed by atoms with Gasteiger partial charge < -0.3 is 4.74 Å². The van der Waals surface area contributed by atoms with Crippen LogP contribution in [-0.2, 0) is 16.7 Å². The lowest BCUT2D eigenvalue weighted by Gasteiger charge is -2.37. The summed E-state index contributed by atoms with van der Waals surface area (Å²) in [5, 5.41) is 20.1. The fourth-order valence-electron chi connectivity index (χ4n) is 4.55. The summed E-state index contributed by atoms with van der Waals surface area (Å²) in [6, 6.07) is 11.2. The lowest BCUT2D eigenvalue weighted by Crippen LogP contribution is -2.45. The first kappa shape index (κ1) is 23.0. The summed E-state index contributed by atoms with van der Waals surface area (Å²) in [6.45, 7) is 8.21. The van der Waals surface area contributed by atoms with Gasteiger partial charge in [-0.25, -0.2) is 9.67 Å². The van der Waals surface area contributed by atoms with Crippen molar-refractivity contribution in [1.82, 2.24) is 30.5 Å². The maximum Gasteiger partial charge on any atom is 0.171 e. The average Bonchev–Trinajstić information content (AvgIpc) is 3.51. The molecular weight excluding hydrogens is 420 g/mol. The molecule has 0 spiro atoms. The standard InChI is InChI=1S/C24H34N6OS/c1-18(2)30-23(27-28-29-30)24(3,12-9-22-25-13-16-32-22)26-21(20-7-5-4-6-8-20)17-19-10-14-31-15-11-19/h4-8,13,16,18-19,21,26H,9-12,14-15,17H2,1-3H3. The van der Waals surface area contributed by atoms with Gasteiger partial charge in [-0.3, -0.25) is 5.32 Å². The Morgan fingerprint density at radius 1 is 1.22 bits per heavy atom. The number of ether oxygens (including phenoxy) is 1. The van der Waals surface area contributed by atoms with E-state index in [0.717, 1.165) is 56.1 Å². The molecule has 3 aromatic rings. The molecule has 0 bridgehead atoms. The van der Waals surface area contributed by atoms with Crippen molar-refractivity contribution in [3.8, 4) is 0 Å². The van der Waals surface area contributed by atoms with Crippen molar-refractivity contribution in [2.75, 3.05) is 13.2 Å². The van der Waals surface area contributed by atoms with E-state index in [2.05, 4.69) is 76.9 Å². The van der Waals surface area contributed by atoms with Crippen LogP contribution in [0.5, 0.6) is 0 Å². The lowest BCUT2D eigenvalue weighted by molar-refractivity contribution is 0.0585. The number of benzene rings is 1. The molecule has 32 heavy (non-hydrogen) atoms. The van der Waals surface area contributed by atoms with Gasteiger partial charge in [0.1, 0.15) is 0 Å². The van der Waals surface area contributed by atoms with Crippen molar-refractivity contribution in [3.63, 3.8) is 0 Å². The van der Waals surface area contributed by atoms with E-state index in [9.17, 15) is 0 Å². The summed E-state index contributed by atoms with van der Waals surface area (Å²) >= 11 is 1.70. The molecule has 2 atom stereocenters. The molecule has 7 nitrogen and oxygen atoms in total. The Morgan fingerprint density at radius 3 is 2.69 bits per heavy atom. The van der Waals surface area contributed by atoms with Crippen LogP contribution in [-0.4, -0.2) is 38.4 Å². The van der Waals surface area contributed by atoms with E-state index in [1.807, 2.05) is 16.3 Å². The molecule has 1 fully saturated rings. The number of thiazole rings is 1. The van der Waals surface area contributed by atoms with E-state index in [1.54, 1.807) is 11.3 Å². The number of rotatable bonds is 10. The Morgan fingerprint density at radius 2 is 2.00 bits per heavy atom. The third kappa shape index (κ3) is 5.60. The highest BCUT2D eigenvalue weighted by Gasteiger charge is 2.36. The summed E-state index contributed by atoms with van der Waals surface area (Å²) in [5.74, 6) is 1.53. The fourth-order valence-corrected chi connectivity index (χ4v) is 5.17. The van der Waals surface area contributed by atoms with Crippen molar-refractivity contribution < 1.29 is 4.74 Å². The number of hydrogen-bond donors (Lipinski definition) is 1. The van der Waals surface area contributed by atoms with Crippen LogP contribution in [0.3, 0.4) is 0 Å². The van der Waals surface area contributed by atoms with Gasteiger partial charge in [0.05, 0.1) is 16.6 Å². The topological polar surface area (TPSA) is 77.8 Å². The Bertz CT molecular complexity index is 939. The number of aromatic nitrogens is 5. The smallest absolute Gasteiger partial charge is 0.171 e. The molecule has 8 heteroatoms. The van der Waals surface area contributed by atoms with Crippen molar-refractivity contribution in [2.24, 2.45) is 5.92 Å². The molecule has 1 aliphatic rings. The zero-order valence-corrected chi connectivity index (χ0v) is 20.1. The van der Waals surface area contributed by atoms with E-state index < -0.39 is 5.54 Å². The monoisotopic (exact) mass is 454 g/mol. The van der Waals surface area contributed by atoms with E-state index in [0.29, 0.717) is 5.92 Å². The minimum absolute atomic E-state index is 0.187. The summed E-state index contributed by atoms with van der Waals surface area (Å²) < 4.78 is 7.56. The first-order valence-corrected chi connectivity index (χ1v) is 12.5. The molecule has 1 aromatic carbocycles. The Labute approximate surface area is 194 Å². The first-order valence-electron chi connectivity index (χ1n) is 11.6. The Balaban J connectivity index is 1.64. The highest BCUT2D eigenvalue weighted by atomic mass is 32.1. The molecule has 0 amide bonds. The van der Waals surface area contributed by atoms with Crippen LogP contribution in [0, 0.1) is 5.92 Å². The second-order valence-corrected chi connectivity index (χ2v) is 10.2. The van der Waals surface area contributed by atoms with Crippen LogP contribution in [0.2, 0.25) is 0 Å². The van der Waals surface area contributed by atoms with Crippen LogP contribution < -0.4 is 5.32 Å². The zero-order valence-electron chi connectivity index (χ0n) is 19.3. The number of nitrogens with zero attached hydrogens (tertiary/aromatic N) is 5. The number of nitrogens with one attached hydrogen (secondary N) is 1. The quantitative estimate of drug-likeness (QED) is 0.478. The minimum Gasteiger partial charge on any atom is -0.381 e. The van der Waals surface area contributed by atoms with Gasteiger partial charge in [0, 0.05) is 37.3 Å². The second kappa shape index (κ2) is 10.6. The summed E-state index contributed by atoms with van der Waals surface area (Å²) in [4.78, 5) is 4.51. The van der Waals surface area contributed by atoms with E-state index in [4.69, 9.17) is 4.74 Å². The van der Waals surface area contributed by atoms with Crippen molar-refractivity contribution in [1.29, 1.82) is 0 Å². The van der Waals surface area contributed by atoms with Crippen LogP contribution in [0.4, 0.5) is 0 Å². The molecule has 1 N–H and O–H groups in total. The molecule has 172 valence electrons. The van der Waals surface area contributed by atoms with Crippen molar-refractivity contribution in [2.45, 2.75) is 70.5 Å². The minimum atomic E-state index is -0.398. The van der Waals surface area contributed by atoms with Crippen molar-refractivity contribution >= 4 is 11.3 Å². The SMILES string of the molecule is CC(C)n1nnnc1C(C)(CCc1nccs1)NC(CC1CCOCC1)c1ccccc1. The van der Waals surface area contributed by atoms with Crippen LogP contribution in [0.1, 0.15) is 74.9 Å². The highest BCUT2D eigenvalue weighted by molar-refractivity contribution is 7.09. The molecule has 4 rings (SSSR count). The molecule has 2 aromatic heterocycles. The molecule has 3 heterocycles. The fraction of sp³-hybridized carbons (Fsp3) is 0.583. The van der Waals surface area contributed by atoms with Crippen LogP contribution >= 0.6 is 11.3 Å². The predicted molar refractivity (Wildman–Crippen MR) is 126 cm³/mol. The second-order valence-electron chi connectivity index (χ2n) is 9.20. The van der Waals surface area contributed by atoms with Gasteiger partial charge in [-0.05, 0) is 68.4 Å². The molecule has 1 saturated heterocycles. The van der Waals surface area contributed by atoms with Gasteiger partial charge in [-0.15, -0.1) is 16.4 Å². The molecule has 1 aliphatic heterocycles. The van der Waals surface area contributed by atoms with E-state index in [-0.39, 0.29) is 12.1 Å². The van der Waals surface area contributed by atoms with Crippen LogP contribution in [0.25, 0.3) is 0 Å². The van der Waals surface area contributed by atoms with Gasteiger partial charge >= 0.3 is 0 Å². The number of aryl methyl sites for hydroxylation is 1. The Kier molecular flexibility index (Phi) is 7.65. The van der Waals surface area contributed by atoms with Gasteiger partial charge in [-0.1, -0.05) is 30.3 Å². The Hall–Kier alpha value is -2.16. The van der Waals surface area contributed by atoms with Crippen LogP contribution in [0.15, 0.2) is 41.9 Å². The molecule has 0 saturated carbocycles. The third-order valence-electron chi connectivity index (χ3n) is 6.40.